The smallest absolute Gasteiger partial charge is 0.128 e. The summed E-state index contributed by atoms with van der Waals surface area (Å²) in [5, 5.41) is 2.94. The van der Waals surface area contributed by atoms with Crippen molar-refractivity contribution in [2.75, 3.05) is 11.1 Å². The van der Waals surface area contributed by atoms with Crippen LogP contribution in [0.25, 0.3) is 0 Å². The van der Waals surface area contributed by atoms with Crippen LogP contribution >= 0.6 is 15.9 Å². The standard InChI is InChI=1S/C13H11BrF2N2/c1-7-2-13(11(14)6-12(7)17)18-10-4-8(15)3-9(16)5-10/h2-6,18H,17H2,1H3. The Morgan fingerprint density at radius 2 is 1.67 bits per heavy atom. The predicted molar refractivity (Wildman–Crippen MR) is 72.9 cm³/mol. The maximum Gasteiger partial charge on any atom is 0.128 e. The van der Waals surface area contributed by atoms with Gasteiger partial charge in [-0.15, -0.1) is 0 Å². The fourth-order valence-electron chi connectivity index (χ4n) is 1.57. The van der Waals surface area contributed by atoms with Gasteiger partial charge in [-0.3, -0.25) is 0 Å². The predicted octanol–water partition coefficient (Wildman–Crippen LogP) is 4.36. The van der Waals surface area contributed by atoms with E-state index in [0.29, 0.717) is 17.1 Å². The summed E-state index contributed by atoms with van der Waals surface area (Å²) in [5.41, 5.74) is 8.34. The van der Waals surface area contributed by atoms with Crippen LogP contribution in [-0.2, 0) is 0 Å². The van der Waals surface area contributed by atoms with Crippen LogP contribution < -0.4 is 11.1 Å². The van der Waals surface area contributed by atoms with E-state index in [1.807, 2.05) is 13.0 Å². The Balaban J connectivity index is 2.36. The molecule has 94 valence electrons. The van der Waals surface area contributed by atoms with Crippen molar-refractivity contribution in [2.45, 2.75) is 6.92 Å². The molecule has 0 aliphatic heterocycles. The van der Waals surface area contributed by atoms with E-state index in [4.69, 9.17) is 5.73 Å². The first kappa shape index (κ1) is 12.8. The lowest BCUT2D eigenvalue weighted by Crippen LogP contribution is -1.96. The zero-order chi connectivity index (χ0) is 13.3. The van der Waals surface area contributed by atoms with E-state index in [0.717, 1.165) is 16.1 Å². The monoisotopic (exact) mass is 312 g/mol. The number of rotatable bonds is 2. The number of hydrogen-bond acceptors (Lipinski definition) is 2. The van der Waals surface area contributed by atoms with Gasteiger partial charge in [0.25, 0.3) is 0 Å². The van der Waals surface area contributed by atoms with Gasteiger partial charge >= 0.3 is 0 Å². The third-order valence-electron chi connectivity index (χ3n) is 2.50. The van der Waals surface area contributed by atoms with Crippen molar-refractivity contribution < 1.29 is 8.78 Å². The van der Waals surface area contributed by atoms with Crippen molar-refractivity contribution in [3.63, 3.8) is 0 Å². The van der Waals surface area contributed by atoms with E-state index in [9.17, 15) is 8.78 Å². The second kappa shape index (κ2) is 4.94. The molecule has 0 atom stereocenters. The van der Waals surface area contributed by atoms with Gasteiger partial charge in [-0.05, 0) is 52.7 Å². The first-order valence-corrected chi connectivity index (χ1v) is 6.04. The van der Waals surface area contributed by atoms with Gasteiger partial charge in [-0.25, -0.2) is 8.78 Å². The second-order valence-corrected chi connectivity index (χ2v) is 4.83. The molecule has 2 rings (SSSR count). The molecule has 0 fully saturated rings. The highest BCUT2D eigenvalue weighted by molar-refractivity contribution is 9.10. The number of nitrogens with one attached hydrogen (secondary N) is 1. The molecule has 0 saturated heterocycles. The Kier molecular flexibility index (Phi) is 3.52. The lowest BCUT2D eigenvalue weighted by atomic mass is 10.2. The molecule has 0 aliphatic rings. The normalized spacial score (nSPS) is 10.4. The number of halogens is 3. The highest BCUT2D eigenvalue weighted by Crippen LogP contribution is 2.30. The van der Waals surface area contributed by atoms with Gasteiger partial charge in [-0.1, -0.05) is 0 Å². The molecule has 0 unspecified atom stereocenters. The van der Waals surface area contributed by atoms with Gasteiger partial charge < -0.3 is 11.1 Å². The number of aryl methyl sites for hydroxylation is 1. The molecular formula is C13H11BrF2N2. The molecule has 2 nitrogen and oxygen atoms in total. The molecule has 0 bridgehead atoms. The van der Waals surface area contributed by atoms with Gasteiger partial charge in [0.05, 0.1) is 5.69 Å². The third kappa shape index (κ3) is 2.79. The van der Waals surface area contributed by atoms with Gasteiger partial charge in [-0.2, -0.15) is 0 Å². The molecule has 0 aliphatic carbocycles. The topological polar surface area (TPSA) is 38.0 Å². The van der Waals surface area contributed by atoms with Crippen LogP contribution in [0, 0.1) is 18.6 Å². The molecule has 18 heavy (non-hydrogen) atoms. The quantitative estimate of drug-likeness (QED) is 0.808. The van der Waals surface area contributed by atoms with Gasteiger partial charge in [0.1, 0.15) is 11.6 Å². The van der Waals surface area contributed by atoms with Crippen LogP contribution in [0.3, 0.4) is 0 Å². The Morgan fingerprint density at radius 1 is 1.06 bits per heavy atom. The van der Waals surface area contributed by atoms with Crippen molar-refractivity contribution >= 4 is 33.0 Å². The van der Waals surface area contributed by atoms with Gasteiger partial charge in [0.2, 0.25) is 0 Å². The van der Waals surface area contributed by atoms with E-state index in [1.165, 1.54) is 12.1 Å². The van der Waals surface area contributed by atoms with E-state index in [-0.39, 0.29) is 0 Å². The van der Waals surface area contributed by atoms with Crippen molar-refractivity contribution in [1.82, 2.24) is 0 Å². The molecule has 0 aromatic heterocycles. The number of hydrogen-bond donors (Lipinski definition) is 2. The van der Waals surface area contributed by atoms with E-state index in [2.05, 4.69) is 21.2 Å². The highest BCUT2D eigenvalue weighted by Gasteiger charge is 2.06. The number of nitrogens with two attached hydrogens (primary N) is 1. The summed E-state index contributed by atoms with van der Waals surface area (Å²) < 4.78 is 26.9. The lowest BCUT2D eigenvalue weighted by molar-refractivity contribution is 0.584. The largest absolute Gasteiger partial charge is 0.398 e. The second-order valence-electron chi connectivity index (χ2n) is 3.97. The molecule has 3 N–H and O–H groups in total. The van der Waals surface area contributed by atoms with Crippen molar-refractivity contribution in [1.29, 1.82) is 0 Å². The van der Waals surface area contributed by atoms with E-state index in [1.54, 1.807) is 6.07 Å². The summed E-state index contributed by atoms with van der Waals surface area (Å²) in [4.78, 5) is 0. The molecule has 0 saturated carbocycles. The third-order valence-corrected chi connectivity index (χ3v) is 3.15. The minimum absolute atomic E-state index is 0.345. The van der Waals surface area contributed by atoms with Crippen molar-refractivity contribution in [2.24, 2.45) is 0 Å². The highest BCUT2D eigenvalue weighted by atomic mass is 79.9. The first-order valence-electron chi connectivity index (χ1n) is 5.24. The van der Waals surface area contributed by atoms with Crippen LogP contribution in [0.2, 0.25) is 0 Å². The Labute approximate surface area is 112 Å². The number of nitrogen functional groups attached to an aromatic ring is 1. The number of anilines is 3. The molecule has 5 heteroatoms. The molecule has 0 heterocycles. The zero-order valence-electron chi connectivity index (χ0n) is 9.60. The molecule has 0 amide bonds. The maximum absolute atomic E-state index is 13.1. The average Bonchev–Trinajstić information content (AvgIpc) is 2.24. The SMILES string of the molecule is Cc1cc(Nc2cc(F)cc(F)c2)c(Br)cc1N. The van der Waals surface area contributed by atoms with Crippen LogP contribution in [-0.4, -0.2) is 0 Å². The molecule has 2 aromatic carbocycles. The Bertz CT molecular complexity index is 580. The average molecular weight is 313 g/mol. The van der Waals surface area contributed by atoms with E-state index >= 15 is 0 Å². The van der Waals surface area contributed by atoms with Crippen LogP contribution in [0.5, 0.6) is 0 Å². The van der Waals surface area contributed by atoms with Gasteiger partial charge in [0, 0.05) is 21.9 Å². The molecule has 2 aromatic rings. The lowest BCUT2D eigenvalue weighted by Gasteiger charge is -2.11. The fourth-order valence-corrected chi connectivity index (χ4v) is 2.03. The number of benzene rings is 2. The summed E-state index contributed by atoms with van der Waals surface area (Å²) >= 11 is 3.35. The molecule has 0 spiro atoms. The van der Waals surface area contributed by atoms with Gasteiger partial charge in [0.15, 0.2) is 0 Å². The summed E-state index contributed by atoms with van der Waals surface area (Å²) in [6, 6.07) is 6.83. The van der Waals surface area contributed by atoms with E-state index < -0.39 is 11.6 Å². The summed E-state index contributed by atoms with van der Waals surface area (Å²) in [5.74, 6) is -1.25. The molecule has 0 radical (unpaired) electrons. The minimum atomic E-state index is -0.624. The van der Waals surface area contributed by atoms with Crippen LogP contribution in [0.1, 0.15) is 5.56 Å². The maximum atomic E-state index is 13.1. The summed E-state index contributed by atoms with van der Waals surface area (Å²) in [6.07, 6.45) is 0. The molecular weight excluding hydrogens is 302 g/mol. The Morgan fingerprint density at radius 3 is 2.28 bits per heavy atom. The summed E-state index contributed by atoms with van der Waals surface area (Å²) in [7, 11) is 0. The Hall–Kier alpha value is -1.62. The van der Waals surface area contributed by atoms with Crippen LogP contribution in [0.4, 0.5) is 25.8 Å². The summed E-state index contributed by atoms with van der Waals surface area (Å²) in [6.45, 7) is 1.86. The fraction of sp³-hybridized carbons (Fsp3) is 0.0769. The minimum Gasteiger partial charge on any atom is -0.398 e. The van der Waals surface area contributed by atoms with Crippen molar-refractivity contribution in [3.05, 3.63) is 52.0 Å². The first-order chi connectivity index (χ1) is 8.45. The zero-order valence-corrected chi connectivity index (χ0v) is 11.2. The van der Waals surface area contributed by atoms with Crippen molar-refractivity contribution in [3.8, 4) is 0 Å². The van der Waals surface area contributed by atoms with Crippen LogP contribution in [0.15, 0.2) is 34.8 Å².